The van der Waals surface area contributed by atoms with Gasteiger partial charge in [0.15, 0.2) is 22.5 Å². The van der Waals surface area contributed by atoms with E-state index < -0.39 is 24.2 Å². The quantitative estimate of drug-likeness (QED) is 0.147. The van der Waals surface area contributed by atoms with Crippen LogP contribution in [-0.4, -0.2) is 58.3 Å². The van der Waals surface area contributed by atoms with Crippen molar-refractivity contribution in [3.63, 3.8) is 0 Å². The number of oxazole rings is 2. The molecule has 6 aromatic rings. The fourth-order valence-corrected chi connectivity index (χ4v) is 6.02. The van der Waals surface area contributed by atoms with E-state index in [0.29, 0.717) is 90.4 Å². The molecule has 0 bridgehead atoms. The lowest BCUT2D eigenvalue weighted by molar-refractivity contribution is -0.275. The topological polar surface area (TPSA) is 133 Å². The molecule has 2 saturated heterocycles. The molecule has 2 fully saturated rings. The first kappa shape index (κ1) is 36.7. The fraction of sp³-hybridized carbons (Fsp3) is 0.333. The first-order valence-corrected chi connectivity index (χ1v) is 16.7. The minimum atomic E-state index is -4.74. The van der Waals surface area contributed by atoms with E-state index in [1.807, 2.05) is 0 Å². The third-order valence-corrected chi connectivity index (χ3v) is 8.72. The monoisotopic (exact) mass is 760 g/mol. The molecule has 18 heteroatoms. The van der Waals surface area contributed by atoms with Gasteiger partial charge >= 0.3 is 24.2 Å². The van der Waals surface area contributed by atoms with Crippen LogP contribution in [0.15, 0.2) is 91.2 Å². The average molecular weight is 761 g/mol. The second-order valence-corrected chi connectivity index (χ2v) is 12.6. The van der Waals surface area contributed by atoms with Crippen LogP contribution in [0.1, 0.15) is 12.8 Å². The first-order valence-electron chi connectivity index (χ1n) is 16.7. The van der Waals surface area contributed by atoms with E-state index >= 15 is 0 Å². The Hall–Kier alpha value is -5.62. The molecule has 4 aromatic heterocycles. The Bertz CT molecular complexity index is 2340. The predicted octanol–water partition coefficient (Wildman–Crippen LogP) is 7.18. The highest BCUT2D eigenvalue weighted by molar-refractivity contribution is 5.75. The van der Waals surface area contributed by atoms with Gasteiger partial charge in [-0.05, 0) is 91.6 Å². The van der Waals surface area contributed by atoms with Gasteiger partial charge in [-0.25, -0.2) is 19.6 Å². The molecule has 0 radical (unpaired) electrons. The molecule has 54 heavy (non-hydrogen) atoms. The standard InChI is InChI=1S/C19H17F3N2O4.C17H13F3N2O4/c20-19(21,22)28-14-3-1-13(2-4-14)15-5-6-16-17(23-15)24(18(25)27-16)11-12-7-9-26-10-8-12;18-17(19,20)26-12-3-1-11(2-4-12)13-5-6-14-15(21-13)22(16(23)25-14)7-10-8-24-9-10/h1-6,12H,7-11H2;1-6,10H,7-9H2. The Kier molecular flexibility index (Phi) is 10.2. The maximum Gasteiger partial charge on any atom is 0.573 e. The highest BCUT2D eigenvalue weighted by Gasteiger charge is 2.32. The van der Waals surface area contributed by atoms with Gasteiger partial charge in [0.2, 0.25) is 0 Å². The zero-order chi connectivity index (χ0) is 38.0. The van der Waals surface area contributed by atoms with Gasteiger partial charge in [-0.1, -0.05) is 0 Å². The summed E-state index contributed by atoms with van der Waals surface area (Å²) in [6.45, 7) is 3.43. The molecule has 0 saturated carbocycles. The van der Waals surface area contributed by atoms with E-state index in [1.54, 1.807) is 24.3 Å². The molecule has 6 heterocycles. The van der Waals surface area contributed by atoms with Crippen LogP contribution in [0.3, 0.4) is 0 Å². The number of benzene rings is 2. The average Bonchev–Trinajstić information content (AvgIpc) is 3.59. The van der Waals surface area contributed by atoms with Crippen LogP contribution >= 0.6 is 0 Å². The van der Waals surface area contributed by atoms with Crippen LogP contribution in [-0.2, 0) is 22.6 Å². The Morgan fingerprint density at radius 2 is 1.02 bits per heavy atom. The number of pyridine rings is 2. The fourth-order valence-electron chi connectivity index (χ4n) is 6.02. The van der Waals surface area contributed by atoms with Crippen molar-refractivity contribution in [2.45, 2.75) is 38.7 Å². The van der Waals surface area contributed by atoms with Gasteiger partial charge < -0.3 is 27.8 Å². The second kappa shape index (κ2) is 15.0. The molecule has 0 aliphatic carbocycles. The van der Waals surface area contributed by atoms with E-state index in [9.17, 15) is 35.9 Å². The molecule has 0 atom stereocenters. The normalized spacial score (nSPS) is 15.5. The highest BCUT2D eigenvalue weighted by Crippen LogP contribution is 2.29. The van der Waals surface area contributed by atoms with Gasteiger partial charge in [-0.2, -0.15) is 0 Å². The van der Waals surface area contributed by atoms with Crippen LogP contribution in [0.2, 0.25) is 0 Å². The van der Waals surface area contributed by atoms with E-state index in [4.69, 9.17) is 18.3 Å². The molecule has 0 amide bonds. The van der Waals surface area contributed by atoms with Gasteiger partial charge in [-0.15, -0.1) is 26.3 Å². The maximum absolute atomic E-state index is 12.3. The zero-order valence-electron chi connectivity index (χ0n) is 28.1. The summed E-state index contributed by atoms with van der Waals surface area (Å²) in [4.78, 5) is 33.2. The molecule has 0 unspecified atom stereocenters. The summed E-state index contributed by atoms with van der Waals surface area (Å²) in [5.74, 6) is -1.05. The van der Waals surface area contributed by atoms with Crippen molar-refractivity contribution in [2.24, 2.45) is 11.8 Å². The van der Waals surface area contributed by atoms with Gasteiger partial charge in [0.05, 0.1) is 24.6 Å². The summed E-state index contributed by atoms with van der Waals surface area (Å²) in [6.07, 6.45) is -7.76. The number of hydrogen-bond acceptors (Lipinski definition) is 10. The number of halogens is 6. The van der Waals surface area contributed by atoms with Crippen LogP contribution in [0, 0.1) is 11.8 Å². The molecule has 2 aliphatic heterocycles. The molecule has 12 nitrogen and oxygen atoms in total. The third-order valence-electron chi connectivity index (χ3n) is 8.72. The summed E-state index contributed by atoms with van der Waals surface area (Å²) in [6, 6.07) is 17.3. The third kappa shape index (κ3) is 8.77. The van der Waals surface area contributed by atoms with E-state index in [2.05, 4.69) is 19.4 Å². The van der Waals surface area contributed by atoms with E-state index in [-0.39, 0.29) is 17.4 Å². The Morgan fingerprint density at radius 1 is 0.593 bits per heavy atom. The lowest BCUT2D eigenvalue weighted by Gasteiger charge is -2.25. The number of aromatic nitrogens is 4. The van der Waals surface area contributed by atoms with Gasteiger partial charge in [-0.3, -0.25) is 9.13 Å². The summed E-state index contributed by atoms with van der Waals surface area (Å²) >= 11 is 0. The molecule has 2 aliphatic rings. The van der Waals surface area contributed by atoms with Crippen molar-refractivity contribution in [1.29, 1.82) is 0 Å². The number of nitrogens with zero attached hydrogens (tertiary/aromatic N) is 4. The minimum absolute atomic E-state index is 0.234. The number of fused-ring (bicyclic) bond motifs is 2. The molecule has 284 valence electrons. The van der Waals surface area contributed by atoms with Gasteiger partial charge in [0.1, 0.15) is 11.5 Å². The minimum Gasteiger partial charge on any atom is -0.406 e. The number of ether oxygens (including phenoxy) is 4. The molecular weight excluding hydrogens is 730 g/mol. The van der Waals surface area contributed by atoms with Gasteiger partial charge in [0.25, 0.3) is 0 Å². The van der Waals surface area contributed by atoms with Crippen LogP contribution in [0.25, 0.3) is 45.0 Å². The largest absolute Gasteiger partial charge is 0.573 e. The molecule has 2 aromatic carbocycles. The smallest absolute Gasteiger partial charge is 0.406 e. The summed E-state index contributed by atoms with van der Waals surface area (Å²) in [5.41, 5.74) is 3.77. The summed E-state index contributed by atoms with van der Waals surface area (Å²) < 4.78 is 105. The maximum atomic E-state index is 12.3. The van der Waals surface area contributed by atoms with E-state index in [0.717, 1.165) is 12.8 Å². The summed E-state index contributed by atoms with van der Waals surface area (Å²) in [5, 5.41) is 0. The highest BCUT2D eigenvalue weighted by atomic mass is 19.4. The number of alkyl halides is 6. The SMILES string of the molecule is O=c1oc2ccc(-c3ccc(OC(F)(F)F)cc3)nc2n1CC1CCOCC1.O=c1oc2ccc(-c3ccc(OC(F)(F)F)cc3)nc2n1CC1COC1. The zero-order valence-corrected chi connectivity index (χ0v) is 28.1. The predicted molar refractivity (Wildman–Crippen MR) is 179 cm³/mol. The van der Waals surface area contributed by atoms with Crippen LogP contribution < -0.4 is 21.0 Å². The number of hydrogen-bond donors (Lipinski definition) is 0. The summed E-state index contributed by atoms with van der Waals surface area (Å²) in [7, 11) is 0. The number of rotatable bonds is 8. The molecule has 8 rings (SSSR count). The molecular formula is C36H30F6N4O8. The Balaban J connectivity index is 0.000000167. The van der Waals surface area contributed by atoms with Crippen LogP contribution in [0.4, 0.5) is 26.3 Å². The van der Waals surface area contributed by atoms with E-state index in [1.165, 1.54) is 57.7 Å². The lowest BCUT2D eigenvalue weighted by Crippen LogP contribution is -2.34. The first-order chi connectivity index (χ1) is 25.8. The van der Waals surface area contributed by atoms with Gasteiger partial charge in [0, 0.05) is 43.3 Å². The van der Waals surface area contributed by atoms with Crippen molar-refractivity contribution < 1.29 is 54.1 Å². The van der Waals surface area contributed by atoms with Crippen molar-refractivity contribution >= 4 is 22.5 Å². The van der Waals surface area contributed by atoms with Crippen molar-refractivity contribution in [3.05, 3.63) is 93.9 Å². The van der Waals surface area contributed by atoms with Crippen molar-refractivity contribution in [3.8, 4) is 34.0 Å². The molecule has 0 N–H and O–H groups in total. The second-order valence-electron chi connectivity index (χ2n) is 12.6. The van der Waals surface area contributed by atoms with Crippen molar-refractivity contribution in [2.75, 3.05) is 26.4 Å². The van der Waals surface area contributed by atoms with Crippen molar-refractivity contribution in [1.82, 2.24) is 19.1 Å². The Morgan fingerprint density at radius 3 is 1.41 bits per heavy atom. The van der Waals surface area contributed by atoms with Crippen LogP contribution in [0.5, 0.6) is 11.5 Å². The Labute approximate surface area is 300 Å². The lowest BCUT2D eigenvalue weighted by atomic mass is 10.0. The molecule has 0 spiro atoms.